The number of benzene rings is 1. The number of carbonyl (C=O) groups excluding carboxylic acids is 1. The number of aliphatic hydroxyl groups is 1. The van der Waals surface area contributed by atoms with E-state index in [4.69, 9.17) is 9.47 Å². The molecule has 7 nitrogen and oxygen atoms in total. The Morgan fingerprint density at radius 1 is 1.21 bits per heavy atom. The number of aryl methyl sites for hydroxylation is 1. The van der Waals surface area contributed by atoms with Crippen molar-refractivity contribution in [2.24, 2.45) is 11.8 Å². The van der Waals surface area contributed by atoms with Gasteiger partial charge in [-0.2, -0.15) is 0 Å². The molecule has 1 N–H and O–H groups in total. The van der Waals surface area contributed by atoms with Crippen LogP contribution in [0, 0.1) is 11.8 Å². The summed E-state index contributed by atoms with van der Waals surface area (Å²) in [6.45, 7) is 5.92. The normalized spacial score (nSPS) is 26.9. The van der Waals surface area contributed by atoms with Crippen LogP contribution in [0.3, 0.4) is 0 Å². The molecule has 1 aliphatic heterocycles. The number of hydrogen-bond donors (Lipinski definition) is 1. The summed E-state index contributed by atoms with van der Waals surface area (Å²) in [6, 6.07) is 6.89. The zero-order chi connectivity index (χ0) is 20.4. The van der Waals surface area contributed by atoms with Gasteiger partial charge in [0.15, 0.2) is 0 Å². The highest BCUT2D eigenvalue weighted by Gasteiger charge is 2.42. The van der Waals surface area contributed by atoms with Crippen molar-refractivity contribution in [1.82, 2.24) is 14.5 Å². The highest BCUT2D eigenvalue weighted by atomic mass is 16.5. The van der Waals surface area contributed by atoms with Gasteiger partial charge in [0.2, 0.25) is 0 Å². The highest BCUT2D eigenvalue weighted by Crippen LogP contribution is 2.38. The molecule has 2 fully saturated rings. The molecule has 1 saturated heterocycles. The highest BCUT2D eigenvalue weighted by molar-refractivity contribution is 5.89. The molecule has 0 spiro atoms. The number of fused-ring (bicyclic) bond motifs is 1. The number of aliphatic hydroxyl groups excluding tert-OH is 1. The monoisotopic (exact) mass is 399 g/mol. The molecule has 2 aliphatic rings. The van der Waals surface area contributed by atoms with Gasteiger partial charge in [-0.1, -0.05) is 0 Å². The van der Waals surface area contributed by atoms with Crippen LogP contribution in [-0.4, -0.2) is 57.9 Å². The molecule has 4 rings (SSSR count). The molecule has 2 heterocycles. The fraction of sp³-hybridized carbons (Fsp3) is 0.545. The van der Waals surface area contributed by atoms with Gasteiger partial charge in [-0.05, 0) is 55.9 Å². The molecule has 7 heteroatoms. The van der Waals surface area contributed by atoms with Crippen molar-refractivity contribution in [1.29, 1.82) is 0 Å². The maximum atomic E-state index is 11.6. The zero-order valence-electron chi connectivity index (χ0n) is 17.0. The number of ether oxygens (including phenoxy) is 2. The number of rotatable bonds is 6. The Labute approximate surface area is 171 Å². The smallest absolute Gasteiger partial charge is 0.337 e. The van der Waals surface area contributed by atoms with E-state index >= 15 is 0 Å². The summed E-state index contributed by atoms with van der Waals surface area (Å²) in [5.41, 5.74) is 1.59. The van der Waals surface area contributed by atoms with Gasteiger partial charge in [0.05, 0.1) is 30.8 Å². The van der Waals surface area contributed by atoms with E-state index in [2.05, 4.69) is 27.6 Å². The summed E-state index contributed by atoms with van der Waals surface area (Å²) in [5.74, 6) is 1.32. The van der Waals surface area contributed by atoms with E-state index in [1.807, 2.05) is 6.33 Å². The third-order valence-corrected chi connectivity index (χ3v) is 6.16. The van der Waals surface area contributed by atoms with E-state index in [9.17, 15) is 9.90 Å². The minimum atomic E-state index is -0.476. The minimum absolute atomic E-state index is 0.223. The number of methoxy groups -OCH3 is 1. The van der Waals surface area contributed by atoms with Crippen LogP contribution in [0.2, 0.25) is 0 Å². The fourth-order valence-electron chi connectivity index (χ4n) is 4.60. The molecule has 156 valence electrons. The second-order valence-electron chi connectivity index (χ2n) is 8.12. The molecule has 1 saturated carbocycles. The van der Waals surface area contributed by atoms with Crippen LogP contribution in [0.4, 0.5) is 0 Å². The Morgan fingerprint density at radius 2 is 1.93 bits per heavy atom. The van der Waals surface area contributed by atoms with Crippen LogP contribution in [-0.2, 0) is 17.8 Å². The fourth-order valence-corrected chi connectivity index (χ4v) is 4.60. The van der Waals surface area contributed by atoms with Crippen molar-refractivity contribution < 1.29 is 19.4 Å². The van der Waals surface area contributed by atoms with Crippen molar-refractivity contribution in [3.05, 3.63) is 48.0 Å². The quantitative estimate of drug-likeness (QED) is 0.752. The lowest BCUT2D eigenvalue weighted by molar-refractivity contribution is -0.0231. The van der Waals surface area contributed by atoms with Crippen LogP contribution >= 0.6 is 0 Å². The SMILES string of the molecule is CCn1cnc(CN2C[C@H]3C[C@@H](Oc4ccc(C(=O)OC)cc4)[C@H](O)C[C@H]3C2)c1. The van der Waals surface area contributed by atoms with E-state index in [-0.39, 0.29) is 12.1 Å². The van der Waals surface area contributed by atoms with Crippen LogP contribution in [0.5, 0.6) is 5.75 Å². The zero-order valence-corrected chi connectivity index (χ0v) is 17.0. The number of hydrogen-bond acceptors (Lipinski definition) is 6. The second-order valence-corrected chi connectivity index (χ2v) is 8.12. The summed E-state index contributed by atoms with van der Waals surface area (Å²) in [7, 11) is 1.36. The Balaban J connectivity index is 1.34. The summed E-state index contributed by atoms with van der Waals surface area (Å²) in [5, 5.41) is 10.6. The Kier molecular flexibility index (Phi) is 5.87. The largest absolute Gasteiger partial charge is 0.488 e. The maximum Gasteiger partial charge on any atom is 0.337 e. The summed E-state index contributed by atoms with van der Waals surface area (Å²) in [6.07, 6.45) is 4.90. The standard InChI is InChI=1S/C22H29N3O4/c1-3-24-12-18(23-14-24)13-25-10-16-8-20(26)21(9-17(16)11-25)29-19-6-4-15(5-7-19)22(27)28-2/h4-7,12,14,16-17,20-21,26H,3,8-11,13H2,1-2H3/t16-,17+,20+,21+/m0/s1. The van der Waals surface area contributed by atoms with Gasteiger partial charge in [0.25, 0.3) is 0 Å². The molecule has 0 bridgehead atoms. The lowest BCUT2D eigenvalue weighted by atomic mass is 9.78. The average Bonchev–Trinajstić information content (AvgIpc) is 3.34. The summed E-state index contributed by atoms with van der Waals surface area (Å²) >= 11 is 0. The third-order valence-electron chi connectivity index (χ3n) is 6.16. The molecular formula is C22H29N3O4. The van der Waals surface area contributed by atoms with Crippen LogP contribution in [0.25, 0.3) is 0 Å². The molecule has 2 aromatic rings. The van der Waals surface area contributed by atoms with Gasteiger partial charge in [-0.25, -0.2) is 9.78 Å². The molecule has 1 aromatic carbocycles. The Bertz CT molecular complexity index is 835. The predicted octanol–water partition coefficient (Wildman–Crippen LogP) is 2.34. The van der Waals surface area contributed by atoms with E-state index < -0.39 is 6.10 Å². The first-order chi connectivity index (χ1) is 14.1. The number of carbonyl (C=O) groups is 1. The van der Waals surface area contributed by atoms with Gasteiger partial charge in [-0.3, -0.25) is 4.90 Å². The summed E-state index contributed by atoms with van der Waals surface area (Å²) in [4.78, 5) is 18.5. The molecule has 0 unspecified atom stereocenters. The van der Waals surface area contributed by atoms with Crippen LogP contribution in [0.15, 0.2) is 36.8 Å². The molecule has 4 atom stereocenters. The first-order valence-electron chi connectivity index (χ1n) is 10.3. The molecule has 1 aromatic heterocycles. The van der Waals surface area contributed by atoms with Crippen molar-refractivity contribution in [2.75, 3.05) is 20.2 Å². The first kappa shape index (κ1) is 19.9. The van der Waals surface area contributed by atoms with Gasteiger partial charge in [0.1, 0.15) is 11.9 Å². The Hall–Kier alpha value is -2.38. The average molecular weight is 399 g/mol. The number of esters is 1. The number of likely N-dealkylation sites (tertiary alicyclic amines) is 1. The number of nitrogens with zero attached hydrogens (tertiary/aromatic N) is 3. The van der Waals surface area contributed by atoms with Gasteiger partial charge >= 0.3 is 5.97 Å². The third kappa shape index (κ3) is 4.46. The van der Waals surface area contributed by atoms with Crippen LogP contribution in [0.1, 0.15) is 35.8 Å². The molecule has 29 heavy (non-hydrogen) atoms. The van der Waals surface area contributed by atoms with Gasteiger partial charge in [-0.15, -0.1) is 0 Å². The van der Waals surface area contributed by atoms with E-state index in [0.29, 0.717) is 23.1 Å². The molecular weight excluding hydrogens is 370 g/mol. The van der Waals surface area contributed by atoms with E-state index in [1.54, 1.807) is 24.3 Å². The second kappa shape index (κ2) is 8.55. The Morgan fingerprint density at radius 3 is 2.59 bits per heavy atom. The predicted molar refractivity (Wildman–Crippen MR) is 108 cm³/mol. The van der Waals surface area contributed by atoms with Gasteiger partial charge < -0.3 is 19.1 Å². The molecule has 1 aliphatic carbocycles. The first-order valence-corrected chi connectivity index (χ1v) is 10.3. The number of aromatic nitrogens is 2. The minimum Gasteiger partial charge on any atom is -0.488 e. The van der Waals surface area contributed by atoms with Crippen molar-refractivity contribution in [2.45, 2.75) is 45.1 Å². The maximum absolute atomic E-state index is 11.6. The lowest BCUT2D eigenvalue weighted by Gasteiger charge is -2.35. The van der Waals surface area contributed by atoms with Crippen molar-refractivity contribution in [3.8, 4) is 5.75 Å². The van der Waals surface area contributed by atoms with E-state index in [0.717, 1.165) is 44.7 Å². The number of imidazole rings is 1. The van der Waals surface area contributed by atoms with Gasteiger partial charge in [0, 0.05) is 32.4 Å². The lowest BCUT2D eigenvalue weighted by Crippen LogP contribution is -2.42. The van der Waals surface area contributed by atoms with Crippen molar-refractivity contribution >= 4 is 5.97 Å². The van der Waals surface area contributed by atoms with Crippen molar-refractivity contribution in [3.63, 3.8) is 0 Å². The summed E-state index contributed by atoms with van der Waals surface area (Å²) < 4.78 is 12.9. The molecule has 0 radical (unpaired) electrons. The topological polar surface area (TPSA) is 76.8 Å². The van der Waals surface area contributed by atoms with E-state index in [1.165, 1.54) is 7.11 Å². The van der Waals surface area contributed by atoms with Crippen LogP contribution < -0.4 is 4.74 Å². The molecule has 0 amide bonds.